The number of aromatic carboxylic acids is 1. The maximum Gasteiger partial charge on any atom is 1.00 e. The second kappa shape index (κ2) is 5.66. The molecule has 0 saturated carbocycles. The van der Waals surface area contributed by atoms with Gasteiger partial charge in [-0.25, -0.2) is 4.79 Å². The van der Waals surface area contributed by atoms with Gasteiger partial charge in [0.1, 0.15) is 0 Å². The molecule has 0 aliphatic carbocycles. The first-order chi connectivity index (χ1) is 5.91. The maximum atomic E-state index is 10.5. The van der Waals surface area contributed by atoms with Crippen LogP contribution in [0.2, 0.25) is 0 Å². The molecule has 7 heteroatoms. The van der Waals surface area contributed by atoms with Crippen LogP contribution in [0.1, 0.15) is 11.8 Å². The molecule has 0 atom stereocenters. The zero-order valence-corrected chi connectivity index (χ0v) is 14.4. The minimum Gasteiger partial charge on any atom is -1.00 e. The SMILES string of the molecule is O=C(O)c1ccc(S(=O)(=O)O)cc1.[Cs+].[H-]. The van der Waals surface area contributed by atoms with Crippen molar-refractivity contribution in [3.8, 4) is 0 Å². The summed E-state index contributed by atoms with van der Waals surface area (Å²) in [7, 11) is -4.24. The number of carboxylic acids is 1. The monoisotopic (exact) mass is 336 g/mol. The van der Waals surface area contributed by atoms with E-state index in [0.717, 1.165) is 24.3 Å². The van der Waals surface area contributed by atoms with Crippen molar-refractivity contribution < 1.29 is 93.2 Å². The summed E-state index contributed by atoms with van der Waals surface area (Å²) in [4.78, 5) is 10.0. The standard InChI is InChI=1S/C7H6O5S.Cs.H/c8-7(9)5-1-3-6(4-2-5)13(10,11)12;;/h1-4H,(H,8,9)(H,10,11,12);;/q;+1;-1. The number of carbonyl (C=O) groups is 1. The Balaban J connectivity index is 0. The Hall–Kier alpha value is 0.652. The van der Waals surface area contributed by atoms with E-state index in [0.29, 0.717) is 0 Å². The second-order valence-corrected chi connectivity index (χ2v) is 3.73. The van der Waals surface area contributed by atoms with E-state index in [1.54, 1.807) is 0 Å². The smallest absolute Gasteiger partial charge is 1.00 e. The van der Waals surface area contributed by atoms with Gasteiger partial charge in [-0.3, -0.25) is 4.55 Å². The van der Waals surface area contributed by atoms with E-state index in [2.05, 4.69) is 0 Å². The molecule has 14 heavy (non-hydrogen) atoms. The zero-order valence-electron chi connectivity index (χ0n) is 8.34. The molecule has 1 rings (SSSR count). The predicted octanol–water partition coefficient (Wildman–Crippen LogP) is -2.25. The summed E-state index contributed by atoms with van der Waals surface area (Å²) in [6.45, 7) is 0. The molecule has 2 N–H and O–H groups in total. The number of hydrogen-bond donors (Lipinski definition) is 2. The molecule has 72 valence electrons. The zero-order chi connectivity index (χ0) is 10.1. The van der Waals surface area contributed by atoms with E-state index >= 15 is 0 Å². The van der Waals surface area contributed by atoms with Gasteiger partial charge < -0.3 is 6.53 Å². The van der Waals surface area contributed by atoms with Crippen LogP contribution in [0.25, 0.3) is 0 Å². The average molecular weight is 336 g/mol. The Labute approximate surface area is 141 Å². The van der Waals surface area contributed by atoms with Gasteiger partial charge in [-0.1, -0.05) is 0 Å². The van der Waals surface area contributed by atoms with Crippen LogP contribution < -0.4 is 68.9 Å². The molecule has 0 aliphatic heterocycles. The van der Waals surface area contributed by atoms with Crippen LogP contribution in [0.5, 0.6) is 0 Å². The van der Waals surface area contributed by atoms with Crippen LogP contribution in [-0.2, 0) is 10.1 Å². The molecule has 0 aromatic heterocycles. The van der Waals surface area contributed by atoms with Crippen LogP contribution in [0.15, 0.2) is 29.2 Å². The third-order valence-electron chi connectivity index (χ3n) is 1.40. The Morgan fingerprint density at radius 1 is 1.21 bits per heavy atom. The van der Waals surface area contributed by atoms with Crippen LogP contribution in [0, 0.1) is 0 Å². The first kappa shape index (κ1) is 14.7. The number of hydrogen-bond acceptors (Lipinski definition) is 3. The summed E-state index contributed by atoms with van der Waals surface area (Å²) in [6, 6.07) is 4.26. The van der Waals surface area contributed by atoms with Crippen LogP contribution in [-0.4, -0.2) is 24.0 Å². The van der Waals surface area contributed by atoms with Crippen molar-refractivity contribution in [3.05, 3.63) is 29.8 Å². The Morgan fingerprint density at radius 3 is 1.93 bits per heavy atom. The fourth-order valence-electron chi connectivity index (χ4n) is 0.769. The van der Waals surface area contributed by atoms with Gasteiger partial charge >= 0.3 is 74.9 Å². The Kier molecular flexibility index (Phi) is 5.92. The van der Waals surface area contributed by atoms with Crippen molar-refractivity contribution in [2.75, 3.05) is 0 Å². The van der Waals surface area contributed by atoms with E-state index in [9.17, 15) is 13.2 Å². The van der Waals surface area contributed by atoms with E-state index in [4.69, 9.17) is 9.66 Å². The summed E-state index contributed by atoms with van der Waals surface area (Å²) in [5.41, 5.74) is -0.0348. The largest absolute Gasteiger partial charge is 1.00 e. The minimum atomic E-state index is -4.24. The van der Waals surface area contributed by atoms with Gasteiger partial charge in [-0.2, -0.15) is 8.42 Å². The molecular formula is C7H7CsO5S. The molecule has 0 fully saturated rings. The summed E-state index contributed by atoms with van der Waals surface area (Å²) in [6.07, 6.45) is 0. The Bertz CT molecular complexity index is 427. The molecule has 0 aliphatic rings. The van der Waals surface area contributed by atoms with Crippen molar-refractivity contribution in [1.29, 1.82) is 0 Å². The van der Waals surface area contributed by atoms with Gasteiger partial charge in [0.15, 0.2) is 0 Å². The third kappa shape index (κ3) is 4.03. The second-order valence-electron chi connectivity index (χ2n) is 2.30. The summed E-state index contributed by atoms with van der Waals surface area (Å²) < 4.78 is 29.6. The van der Waals surface area contributed by atoms with E-state index < -0.39 is 16.1 Å². The first-order valence-electron chi connectivity index (χ1n) is 3.22. The van der Waals surface area contributed by atoms with Crippen molar-refractivity contribution >= 4 is 16.1 Å². The molecule has 0 unspecified atom stereocenters. The topological polar surface area (TPSA) is 91.7 Å². The van der Waals surface area contributed by atoms with Crippen molar-refractivity contribution in [3.63, 3.8) is 0 Å². The quantitative estimate of drug-likeness (QED) is 0.596. The number of benzene rings is 1. The average Bonchev–Trinajstić information content (AvgIpc) is 2.03. The van der Waals surface area contributed by atoms with Gasteiger partial charge in [0.2, 0.25) is 0 Å². The van der Waals surface area contributed by atoms with Gasteiger partial charge in [-0.05, 0) is 24.3 Å². The molecule has 0 saturated heterocycles. The Morgan fingerprint density at radius 2 is 1.64 bits per heavy atom. The molecular weight excluding hydrogens is 329 g/mol. The van der Waals surface area contributed by atoms with Gasteiger partial charge in [0.25, 0.3) is 10.1 Å². The molecule has 0 bridgehead atoms. The van der Waals surface area contributed by atoms with Crippen molar-refractivity contribution in [1.82, 2.24) is 0 Å². The van der Waals surface area contributed by atoms with E-state index in [1.165, 1.54) is 0 Å². The van der Waals surface area contributed by atoms with Crippen molar-refractivity contribution in [2.45, 2.75) is 4.90 Å². The third-order valence-corrected chi connectivity index (χ3v) is 2.27. The molecule has 5 nitrogen and oxygen atoms in total. The van der Waals surface area contributed by atoms with E-state index in [-0.39, 0.29) is 80.8 Å². The van der Waals surface area contributed by atoms with Crippen LogP contribution in [0.3, 0.4) is 0 Å². The molecule has 0 radical (unpaired) electrons. The summed E-state index contributed by atoms with van der Waals surface area (Å²) in [5.74, 6) is -1.15. The number of carboxylic acid groups (broad SMARTS) is 1. The summed E-state index contributed by atoms with van der Waals surface area (Å²) in [5, 5.41) is 8.47. The van der Waals surface area contributed by atoms with Crippen molar-refractivity contribution in [2.24, 2.45) is 0 Å². The maximum absolute atomic E-state index is 10.5. The van der Waals surface area contributed by atoms with Gasteiger partial charge in [-0.15, -0.1) is 0 Å². The molecule has 0 amide bonds. The van der Waals surface area contributed by atoms with Gasteiger partial charge in [0, 0.05) is 0 Å². The van der Waals surface area contributed by atoms with Crippen LogP contribution >= 0.6 is 0 Å². The molecule has 1 aromatic carbocycles. The minimum absolute atomic E-state index is 0. The van der Waals surface area contributed by atoms with Gasteiger partial charge in [0.05, 0.1) is 10.5 Å². The fraction of sp³-hybridized carbons (Fsp3) is 0. The predicted molar refractivity (Wildman–Crippen MR) is 44.3 cm³/mol. The first-order valence-corrected chi connectivity index (χ1v) is 4.66. The summed E-state index contributed by atoms with van der Waals surface area (Å²) >= 11 is 0. The molecule has 0 spiro atoms. The fourth-order valence-corrected chi connectivity index (χ4v) is 1.25. The van der Waals surface area contributed by atoms with Crippen LogP contribution in [0.4, 0.5) is 0 Å². The normalized spacial score (nSPS) is 10.4. The van der Waals surface area contributed by atoms with E-state index in [1.807, 2.05) is 0 Å². The molecule has 1 aromatic rings. The number of rotatable bonds is 2. The molecule has 0 heterocycles.